The van der Waals surface area contributed by atoms with Crippen LogP contribution in [0, 0.1) is 13.8 Å². The van der Waals surface area contributed by atoms with Gasteiger partial charge in [-0.15, -0.1) is 0 Å². The lowest BCUT2D eigenvalue weighted by atomic mass is 10.1. The zero-order valence-electron chi connectivity index (χ0n) is 16.3. The van der Waals surface area contributed by atoms with Crippen molar-refractivity contribution in [3.8, 4) is 0 Å². The standard InChI is InChI=1S/C20H24N4O3S/c1-13-6-7-15(10-14(13)2)22-18(26)16-11-21-20(23(3)19(16)27)28-12-17(25)24-8-4-5-9-24/h6-7,10-11H,4-5,8-9,12H2,1-3H3,(H,22,26). The van der Waals surface area contributed by atoms with E-state index in [-0.39, 0.29) is 17.2 Å². The summed E-state index contributed by atoms with van der Waals surface area (Å²) in [5.41, 5.74) is 2.34. The topological polar surface area (TPSA) is 84.3 Å². The van der Waals surface area contributed by atoms with Gasteiger partial charge in [0.15, 0.2) is 5.16 Å². The minimum absolute atomic E-state index is 0.0315. The molecule has 8 heteroatoms. The number of carbonyl (C=O) groups is 2. The van der Waals surface area contributed by atoms with E-state index in [2.05, 4.69) is 10.3 Å². The van der Waals surface area contributed by atoms with E-state index in [1.165, 1.54) is 22.5 Å². The van der Waals surface area contributed by atoms with Crippen molar-refractivity contribution in [3.63, 3.8) is 0 Å². The van der Waals surface area contributed by atoms with E-state index < -0.39 is 11.5 Å². The summed E-state index contributed by atoms with van der Waals surface area (Å²) in [7, 11) is 1.56. The fourth-order valence-corrected chi connectivity index (χ4v) is 3.86. The second kappa shape index (κ2) is 8.60. The smallest absolute Gasteiger partial charge is 0.266 e. The summed E-state index contributed by atoms with van der Waals surface area (Å²) >= 11 is 1.21. The second-order valence-corrected chi connectivity index (χ2v) is 7.89. The van der Waals surface area contributed by atoms with Gasteiger partial charge in [0.05, 0.1) is 5.75 Å². The molecule has 2 aromatic rings. The predicted octanol–water partition coefficient (Wildman–Crippen LogP) is 2.36. The summed E-state index contributed by atoms with van der Waals surface area (Å²) in [6.07, 6.45) is 3.36. The molecule has 1 aliphatic rings. The molecular weight excluding hydrogens is 376 g/mol. The highest BCUT2D eigenvalue weighted by atomic mass is 32.2. The van der Waals surface area contributed by atoms with E-state index in [1.807, 2.05) is 30.9 Å². The molecule has 1 N–H and O–H groups in total. The van der Waals surface area contributed by atoms with Gasteiger partial charge in [0.1, 0.15) is 5.56 Å². The number of hydrogen-bond acceptors (Lipinski definition) is 5. The molecule has 1 aliphatic heterocycles. The van der Waals surface area contributed by atoms with Gasteiger partial charge in [0.2, 0.25) is 5.91 Å². The third-order valence-corrected chi connectivity index (χ3v) is 5.95. The number of aryl methyl sites for hydroxylation is 2. The zero-order valence-corrected chi connectivity index (χ0v) is 17.1. The Kier molecular flexibility index (Phi) is 6.18. The summed E-state index contributed by atoms with van der Waals surface area (Å²) in [4.78, 5) is 43.3. The average Bonchev–Trinajstić information content (AvgIpc) is 3.20. The van der Waals surface area contributed by atoms with Gasteiger partial charge in [0.25, 0.3) is 11.5 Å². The molecule has 0 saturated carbocycles. The van der Waals surface area contributed by atoms with Crippen LogP contribution in [0.25, 0.3) is 0 Å². The van der Waals surface area contributed by atoms with Gasteiger partial charge in [-0.05, 0) is 49.9 Å². The van der Waals surface area contributed by atoms with Crippen LogP contribution < -0.4 is 10.9 Å². The van der Waals surface area contributed by atoms with Crippen LogP contribution in [0.5, 0.6) is 0 Å². The Labute approximate surface area is 168 Å². The third kappa shape index (κ3) is 4.44. The van der Waals surface area contributed by atoms with Gasteiger partial charge in [-0.2, -0.15) is 0 Å². The number of carbonyl (C=O) groups excluding carboxylic acids is 2. The van der Waals surface area contributed by atoms with E-state index in [4.69, 9.17) is 0 Å². The van der Waals surface area contributed by atoms with Crippen LogP contribution in [0.2, 0.25) is 0 Å². The number of nitrogens with one attached hydrogen (secondary N) is 1. The quantitative estimate of drug-likeness (QED) is 0.615. The van der Waals surface area contributed by atoms with Gasteiger partial charge in [-0.1, -0.05) is 17.8 Å². The molecule has 148 valence electrons. The molecule has 0 aliphatic carbocycles. The number of aromatic nitrogens is 2. The average molecular weight is 401 g/mol. The number of hydrogen-bond donors (Lipinski definition) is 1. The Hall–Kier alpha value is -2.61. The summed E-state index contributed by atoms with van der Waals surface area (Å²) in [6.45, 7) is 5.54. The van der Waals surface area contributed by atoms with E-state index >= 15 is 0 Å². The highest BCUT2D eigenvalue weighted by molar-refractivity contribution is 7.99. The van der Waals surface area contributed by atoms with Crippen molar-refractivity contribution in [1.29, 1.82) is 0 Å². The van der Waals surface area contributed by atoms with Crippen LogP contribution >= 0.6 is 11.8 Å². The summed E-state index contributed by atoms with van der Waals surface area (Å²) in [5.74, 6) is -0.219. The molecule has 0 spiro atoms. The fourth-order valence-electron chi connectivity index (χ4n) is 3.02. The molecule has 0 radical (unpaired) electrons. The molecular formula is C20H24N4O3S. The minimum atomic E-state index is -0.499. The largest absolute Gasteiger partial charge is 0.342 e. The molecule has 1 saturated heterocycles. The molecule has 0 unspecified atom stereocenters. The molecule has 2 amide bonds. The van der Waals surface area contributed by atoms with E-state index in [0.717, 1.165) is 37.1 Å². The molecule has 0 atom stereocenters. The normalized spacial score (nSPS) is 13.6. The number of anilines is 1. The summed E-state index contributed by atoms with van der Waals surface area (Å²) in [6, 6.07) is 5.57. The van der Waals surface area contributed by atoms with Gasteiger partial charge >= 0.3 is 0 Å². The van der Waals surface area contributed by atoms with Crippen LogP contribution in [-0.2, 0) is 11.8 Å². The maximum Gasteiger partial charge on any atom is 0.266 e. The molecule has 1 aromatic carbocycles. The van der Waals surface area contributed by atoms with Crippen LogP contribution in [0.1, 0.15) is 34.3 Å². The maximum absolute atomic E-state index is 12.6. The lowest BCUT2D eigenvalue weighted by molar-refractivity contribution is -0.127. The van der Waals surface area contributed by atoms with E-state index in [0.29, 0.717) is 10.8 Å². The van der Waals surface area contributed by atoms with Crippen LogP contribution in [0.3, 0.4) is 0 Å². The number of likely N-dealkylation sites (tertiary alicyclic amines) is 1. The van der Waals surface area contributed by atoms with Gasteiger partial charge in [0, 0.05) is 32.0 Å². The first-order chi connectivity index (χ1) is 13.4. The van der Waals surface area contributed by atoms with Crippen molar-refractivity contribution in [2.24, 2.45) is 7.05 Å². The Bertz CT molecular complexity index is 964. The summed E-state index contributed by atoms with van der Waals surface area (Å²) < 4.78 is 1.32. The van der Waals surface area contributed by atoms with Gasteiger partial charge in [-0.25, -0.2) is 4.98 Å². The minimum Gasteiger partial charge on any atom is -0.342 e. The molecule has 1 fully saturated rings. The van der Waals surface area contributed by atoms with Crippen molar-refractivity contribution < 1.29 is 9.59 Å². The SMILES string of the molecule is Cc1ccc(NC(=O)c2cnc(SCC(=O)N3CCCC3)n(C)c2=O)cc1C. The highest BCUT2D eigenvalue weighted by Gasteiger charge is 2.20. The Balaban J connectivity index is 1.70. The number of benzene rings is 1. The Morgan fingerprint density at radius 2 is 1.89 bits per heavy atom. The van der Waals surface area contributed by atoms with Crippen molar-refractivity contribution in [2.45, 2.75) is 31.8 Å². The van der Waals surface area contributed by atoms with Crippen LogP contribution in [-0.4, -0.2) is 45.1 Å². The fraction of sp³-hybridized carbons (Fsp3) is 0.400. The number of amides is 2. The zero-order chi connectivity index (χ0) is 20.3. The van der Waals surface area contributed by atoms with Crippen molar-refractivity contribution in [1.82, 2.24) is 14.5 Å². The molecule has 7 nitrogen and oxygen atoms in total. The van der Waals surface area contributed by atoms with Crippen LogP contribution in [0.4, 0.5) is 5.69 Å². The summed E-state index contributed by atoms with van der Waals surface area (Å²) in [5, 5.41) is 3.16. The monoisotopic (exact) mass is 400 g/mol. The van der Waals surface area contributed by atoms with E-state index in [1.54, 1.807) is 13.1 Å². The molecule has 28 heavy (non-hydrogen) atoms. The highest BCUT2D eigenvalue weighted by Crippen LogP contribution is 2.17. The number of rotatable bonds is 5. The molecule has 0 bridgehead atoms. The predicted molar refractivity (Wildman–Crippen MR) is 110 cm³/mol. The molecule has 2 heterocycles. The third-order valence-electron chi connectivity index (χ3n) is 4.92. The second-order valence-electron chi connectivity index (χ2n) is 6.95. The molecule has 1 aromatic heterocycles. The van der Waals surface area contributed by atoms with Gasteiger partial charge in [-0.3, -0.25) is 19.0 Å². The van der Waals surface area contributed by atoms with Crippen molar-refractivity contribution in [3.05, 3.63) is 51.4 Å². The Morgan fingerprint density at radius 1 is 1.18 bits per heavy atom. The first-order valence-electron chi connectivity index (χ1n) is 9.22. The molecule has 3 rings (SSSR count). The first-order valence-corrected chi connectivity index (χ1v) is 10.2. The first kappa shape index (κ1) is 20.1. The maximum atomic E-state index is 12.6. The lowest BCUT2D eigenvalue weighted by Crippen LogP contribution is -2.31. The van der Waals surface area contributed by atoms with Crippen LogP contribution in [0.15, 0.2) is 34.3 Å². The van der Waals surface area contributed by atoms with Gasteiger partial charge < -0.3 is 10.2 Å². The number of nitrogens with zero attached hydrogens (tertiary/aromatic N) is 3. The van der Waals surface area contributed by atoms with E-state index in [9.17, 15) is 14.4 Å². The lowest BCUT2D eigenvalue weighted by Gasteiger charge is -2.15. The Morgan fingerprint density at radius 3 is 2.57 bits per heavy atom. The number of thioether (sulfide) groups is 1. The van der Waals surface area contributed by atoms with Crippen molar-refractivity contribution >= 4 is 29.3 Å². The van der Waals surface area contributed by atoms with Crippen molar-refractivity contribution in [2.75, 3.05) is 24.2 Å².